The number of piperidine rings is 1. The summed E-state index contributed by atoms with van der Waals surface area (Å²) in [5.41, 5.74) is 2.70. The molecule has 20 heavy (non-hydrogen) atoms. The third kappa shape index (κ3) is 2.20. The van der Waals surface area contributed by atoms with E-state index in [1.807, 2.05) is 36.1 Å². The summed E-state index contributed by atoms with van der Waals surface area (Å²) in [6.45, 7) is 3.56. The van der Waals surface area contributed by atoms with Gasteiger partial charge in [0.15, 0.2) is 0 Å². The summed E-state index contributed by atoms with van der Waals surface area (Å²) in [6.07, 6.45) is 1.98. The standard InChI is InChI=1S/C16H20N2O2/c1-11-15(13-6-2-3-7-14(13)17-11)16(20)18-8-4-5-12(9-18)10-19/h2-3,6-7,12,17,19H,4-5,8-10H2,1H3. The van der Waals surface area contributed by atoms with Crippen molar-refractivity contribution in [3.63, 3.8) is 0 Å². The van der Waals surface area contributed by atoms with Gasteiger partial charge in [-0.2, -0.15) is 0 Å². The molecule has 4 nitrogen and oxygen atoms in total. The summed E-state index contributed by atoms with van der Waals surface area (Å²) in [7, 11) is 0. The van der Waals surface area contributed by atoms with Gasteiger partial charge in [0.25, 0.3) is 5.91 Å². The molecule has 2 aromatic rings. The van der Waals surface area contributed by atoms with E-state index in [9.17, 15) is 9.90 Å². The molecule has 1 aromatic heterocycles. The van der Waals surface area contributed by atoms with E-state index in [1.54, 1.807) is 0 Å². The number of amides is 1. The summed E-state index contributed by atoms with van der Waals surface area (Å²) in [5.74, 6) is 0.302. The van der Waals surface area contributed by atoms with Gasteiger partial charge in [0, 0.05) is 36.3 Å². The number of fused-ring (bicyclic) bond motifs is 1. The van der Waals surface area contributed by atoms with E-state index in [-0.39, 0.29) is 18.4 Å². The lowest BCUT2D eigenvalue weighted by atomic mass is 9.98. The number of aliphatic hydroxyl groups is 1. The second-order valence-corrected chi connectivity index (χ2v) is 5.61. The van der Waals surface area contributed by atoms with Crippen LogP contribution in [0.4, 0.5) is 0 Å². The number of benzene rings is 1. The van der Waals surface area contributed by atoms with Crippen molar-refractivity contribution in [2.75, 3.05) is 19.7 Å². The molecule has 3 rings (SSSR count). The number of hydrogen-bond acceptors (Lipinski definition) is 2. The van der Waals surface area contributed by atoms with E-state index >= 15 is 0 Å². The highest BCUT2D eigenvalue weighted by Gasteiger charge is 2.26. The first-order valence-corrected chi connectivity index (χ1v) is 7.18. The minimum absolute atomic E-state index is 0.0816. The lowest BCUT2D eigenvalue weighted by Gasteiger charge is -2.32. The second kappa shape index (κ2) is 5.29. The third-order valence-electron chi connectivity index (χ3n) is 4.17. The highest BCUT2D eigenvalue weighted by atomic mass is 16.3. The number of carbonyl (C=O) groups is 1. The maximum Gasteiger partial charge on any atom is 0.256 e. The third-order valence-corrected chi connectivity index (χ3v) is 4.17. The summed E-state index contributed by atoms with van der Waals surface area (Å²) in [4.78, 5) is 17.9. The second-order valence-electron chi connectivity index (χ2n) is 5.61. The number of nitrogens with one attached hydrogen (secondary N) is 1. The summed E-state index contributed by atoms with van der Waals surface area (Å²) in [6, 6.07) is 7.90. The summed E-state index contributed by atoms with van der Waals surface area (Å²) >= 11 is 0. The molecule has 1 aliphatic heterocycles. The molecule has 0 radical (unpaired) electrons. The van der Waals surface area contributed by atoms with Gasteiger partial charge < -0.3 is 15.0 Å². The van der Waals surface area contributed by atoms with Crippen LogP contribution in [0.2, 0.25) is 0 Å². The summed E-state index contributed by atoms with van der Waals surface area (Å²) in [5, 5.41) is 10.3. The minimum Gasteiger partial charge on any atom is -0.396 e. The van der Waals surface area contributed by atoms with Crippen molar-refractivity contribution in [3.05, 3.63) is 35.5 Å². The van der Waals surface area contributed by atoms with Crippen LogP contribution in [-0.2, 0) is 0 Å². The van der Waals surface area contributed by atoms with Gasteiger partial charge in [0.1, 0.15) is 0 Å². The molecule has 1 aromatic carbocycles. The van der Waals surface area contributed by atoms with Crippen LogP contribution in [0.5, 0.6) is 0 Å². The first-order chi connectivity index (χ1) is 9.70. The average Bonchev–Trinajstić information content (AvgIpc) is 2.82. The topological polar surface area (TPSA) is 56.3 Å². The fourth-order valence-corrected chi connectivity index (χ4v) is 3.11. The molecule has 0 spiro atoms. The number of hydrogen-bond donors (Lipinski definition) is 2. The average molecular weight is 272 g/mol. The van der Waals surface area contributed by atoms with Gasteiger partial charge in [-0.25, -0.2) is 0 Å². The van der Waals surface area contributed by atoms with Crippen LogP contribution < -0.4 is 0 Å². The molecular weight excluding hydrogens is 252 g/mol. The molecule has 0 saturated carbocycles. The monoisotopic (exact) mass is 272 g/mol. The Kier molecular flexibility index (Phi) is 3.49. The van der Waals surface area contributed by atoms with Gasteiger partial charge in [-0.1, -0.05) is 18.2 Å². The van der Waals surface area contributed by atoms with Crippen LogP contribution in [0.15, 0.2) is 24.3 Å². The number of H-pyrrole nitrogens is 1. The molecule has 1 saturated heterocycles. The van der Waals surface area contributed by atoms with Crippen LogP contribution in [0.3, 0.4) is 0 Å². The maximum atomic E-state index is 12.8. The van der Waals surface area contributed by atoms with Crippen molar-refractivity contribution in [2.45, 2.75) is 19.8 Å². The Balaban J connectivity index is 1.94. The zero-order chi connectivity index (χ0) is 14.1. The van der Waals surface area contributed by atoms with E-state index < -0.39 is 0 Å². The number of aromatic nitrogens is 1. The molecule has 2 N–H and O–H groups in total. The Hall–Kier alpha value is -1.81. The quantitative estimate of drug-likeness (QED) is 0.881. The molecule has 106 valence electrons. The van der Waals surface area contributed by atoms with Gasteiger partial charge in [0.2, 0.25) is 0 Å². The lowest BCUT2D eigenvalue weighted by molar-refractivity contribution is 0.0622. The normalized spacial score (nSPS) is 19.5. The van der Waals surface area contributed by atoms with E-state index in [2.05, 4.69) is 4.98 Å². The first-order valence-electron chi connectivity index (χ1n) is 7.18. The lowest BCUT2D eigenvalue weighted by Crippen LogP contribution is -2.41. The van der Waals surface area contributed by atoms with Crippen molar-refractivity contribution in [1.82, 2.24) is 9.88 Å². The largest absolute Gasteiger partial charge is 0.396 e. The van der Waals surface area contributed by atoms with E-state index in [1.165, 1.54) is 0 Å². The fraction of sp³-hybridized carbons (Fsp3) is 0.438. The van der Waals surface area contributed by atoms with E-state index in [0.717, 1.165) is 41.5 Å². The minimum atomic E-state index is 0.0816. The summed E-state index contributed by atoms with van der Waals surface area (Å²) < 4.78 is 0. The van der Waals surface area contributed by atoms with Crippen molar-refractivity contribution in [1.29, 1.82) is 0 Å². The van der Waals surface area contributed by atoms with Crippen LogP contribution in [0.25, 0.3) is 10.9 Å². The number of aliphatic hydroxyl groups excluding tert-OH is 1. The van der Waals surface area contributed by atoms with Gasteiger partial charge >= 0.3 is 0 Å². The van der Waals surface area contributed by atoms with Crippen LogP contribution in [0, 0.1) is 12.8 Å². The Labute approximate surface area is 118 Å². The molecular formula is C16H20N2O2. The SMILES string of the molecule is Cc1[nH]c2ccccc2c1C(=O)N1CCCC(CO)C1. The number of nitrogens with zero attached hydrogens (tertiary/aromatic N) is 1. The molecule has 1 unspecified atom stereocenters. The Morgan fingerprint density at radius 2 is 2.25 bits per heavy atom. The molecule has 1 atom stereocenters. The van der Waals surface area contributed by atoms with Gasteiger partial charge in [-0.05, 0) is 31.7 Å². The van der Waals surface area contributed by atoms with Crippen LogP contribution in [0.1, 0.15) is 28.9 Å². The Morgan fingerprint density at radius 3 is 3.05 bits per heavy atom. The predicted octanol–water partition coefficient (Wildman–Crippen LogP) is 2.32. The zero-order valence-electron chi connectivity index (χ0n) is 11.7. The molecule has 0 aliphatic carbocycles. The number of rotatable bonds is 2. The van der Waals surface area contributed by atoms with E-state index in [0.29, 0.717) is 6.54 Å². The number of aromatic amines is 1. The van der Waals surface area contributed by atoms with Crippen molar-refractivity contribution in [2.24, 2.45) is 5.92 Å². The van der Waals surface area contributed by atoms with Crippen LogP contribution in [-0.4, -0.2) is 40.6 Å². The number of likely N-dealkylation sites (tertiary alicyclic amines) is 1. The number of para-hydroxylation sites is 1. The van der Waals surface area contributed by atoms with Gasteiger partial charge in [-0.15, -0.1) is 0 Å². The number of carbonyl (C=O) groups excluding carboxylic acids is 1. The van der Waals surface area contributed by atoms with Gasteiger partial charge in [0.05, 0.1) is 5.56 Å². The van der Waals surface area contributed by atoms with Crippen LogP contribution >= 0.6 is 0 Å². The molecule has 1 fully saturated rings. The number of aryl methyl sites for hydroxylation is 1. The molecule has 2 heterocycles. The smallest absolute Gasteiger partial charge is 0.256 e. The highest BCUT2D eigenvalue weighted by Crippen LogP contribution is 2.25. The van der Waals surface area contributed by atoms with Gasteiger partial charge in [-0.3, -0.25) is 4.79 Å². The zero-order valence-corrected chi connectivity index (χ0v) is 11.7. The van der Waals surface area contributed by atoms with Crippen molar-refractivity contribution in [3.8, 4) is 0 Å². The first kappa shape index (κ1) is 13.2. The maximum absolute atomic E-state index is 12.8. The highest BCUT2D eigenvalue weighted by molar-refractivity contribution is 6.08. The van der Waals surface area contributed by atoms with Crippen molar-refractivity contribution < 1.29 is 9.90 Å². The Morgan fingerprint density at radius 1 is 1.45 bits per heavy atom. The molecule has 0 bridgehead atoms. The molecule has 1 aliphatic rings. The van der Waals surface area contributed by atoms with Crippen molar-refractivity contribution >= 4 is 16.8 Å². The molecule has 1 amide bonds. The Bertz CT molecular complexity index is 632. The predicted molar refractivity (Wildman–Crippen MR) is 78.7 cm³/mol. The molecule has 4 heteroatoms. The fourth-order valence-electron chi connectivity index (χ4n) is 3.11. The van der Waals surface area contributed by atoms with E-state index in [4.69, 9.17) is 0 Å².